The molecule has 2 rings (SSSR count). The molecule has 1 fully saturated rings. The zero-order valence-corrected chi connectivity index (χ0v) is 9.61. The summed E-state index contributed by atoms with van der Waals surface area (Å²) in [6.07, 6.45) is 2.23. The standard InChI is InChI=1S/C13H19NO2/c1-10(11-3-2-4-12(16)7-11)14-8-13(9-15)5-6-13/h2-4,7,10,14-16H,5-6,8-9H2,1H3. The number of phenols is 1. The third-order valence-electron chi connectivity index (χ3n) is 3.45. The summed E-state index contributed by atoms with van der Waals surface area (Å²) < 4.78 is 0. The SMILES string of the molecule is CC(NCC1(CO)CC1)c1cccc(O)c1. The van der Waals surface area contributed by atoms with Crippen molar-refractivity contribution in [1.82, 2.24) is 5.32 Å². The number of hydrogen-bond acceptors (Lipinski definition) is 3. The first-order valence-electron chi connectivity index (χ1n) is 5.78. The molecule has 1 unspecified atom stereocenters. The maximum atomic E-state index is 9.38. The van der Waals surface area contributed by atoms with E-state index in [2.05, 4.69) is 12.2 Å². The summed E-state index contributed by atoms with van der Waals surface area (Å²) in [5, 5.41) is 22.0. The Bertz CT molecular complexity index is 361. The molecular weight excluding hydrogens is 202 g/mol. The fourth-order valence-electron chi connectivity index (χ4n) is 1.85. The van der Waals surface area contributed by atoms with Gasteiger partial charge in [-0.15, -0.1) is 0 Å². The van der Waals surface area contributed by atoms with Crippen LogP contribution in [0.25, 0.3) is 0 Å². The molecule has 3 N–H and O–H groups in total. The van der Waals surface area contributed by atoms with Gasteiger partial charge in [-0.05, 0) is 37.5 Å². The van der Waals surface area contributed by atoms with Crippen LogP contribution in [0.15, 0.2) is 24.3 Å². The minimum absolute atomic E-state index is 0.130. The Kier molecular flexibility index (Phi) is 3.17. The molecule has 3 heteroatoms. The molecule has 1 aliphatic carbocycles. The van der Waals surface area contributed by atoms with Gasteiger partial charge in [0.05, 0.1) is 0 Å². The topological polar surface area (TPSA) is 52.5 Å². The third kappa shape index (κ3) is 2.54. The molecule has 0 amide bonds. The Morgan fingerprint density at radius 2 is 2.19 bits per heavy atom. The third-order valence-corrected chi connectivity index (χ3v) is 3.45. The lowest BCUT2D eigenvalue weighted by Gasteiger charge is -2.18. The molecule has 1 atom stereocenters. The molecule has 1 aliphatic rings. The lowest BCUT2D eigenvalue weighted by Crippen LogP contribution is -2.28. The van der Waals surface area contributed by atoms with Gasteiger partial charge in [0.25, 0.3) is 0 Å². The zero-order valence-electron chi connectivity index (χ0n) is 9.61. The molecular formula is C13H19NO2. The molecule has 0 saturated heterocycles. The molecule has 0 aromatic heterocycles. The minimum atomic E-state index is 0.130. The quantitative estimate of drug-likeness (QED) is 0.711. The van der Waals surface area contributed by atoms with E-state index in [9.17, 15) is 10.2 Å². The number of phenolic OH excluding ortho intramolecular Hbond substituents is 1. The van der Waals surface area contributed by atoms with Crippen LogP contribution in [-0.2, 0) is 0 Å². The van der Waals surface area contributed by atoms with Crippen molar-refractivity contribution in [3.63, 3.8) is 0 Å². The molecule has 16 heavy (non-hydrogen) atoms. The second kappa shape index (κ2) is 4.44. The first-order valence-corrected chi connectivity index (χ1v) is 5.78. The fourth-order valence-corrected chi connectivity index (χ4v) is 1.85. The van der Waals surface area contributed by atoms with Gasteiger partial charge in [-0.25, -0.2) is 0 Å². The van der Waals surface area contributed by atoms with Crippen molar-refractivity contribution < 1.29 is 10.2 Å². The first-order chi connectivity index (χ1) is 7.65. The predicted octanol–water partition coefficient (Wildman–Crippen LogP) is 1.82. The van der Waals surface area contributed by atoms with E-state index in [-0.39, 0.29) is 18.1 Å². The fraction of sp³-hybridized carbons (Fsp3) is 0.538. The summed E-state index contributed by atoms with van der Waals surface area (Å²) in [5.41, 5.74) is 1.21. The van der Waals surface area contributed by atoms with Crippen LogP contribution < -0.4 is 5.32 Å². The minimum Gasteiger partial charge on any atom is -0.508 e. The highest BCUT2D eigenvalue weighted by atomic mass is 16.3. The number of aliphatic hydroxyl groups excluding tert-OH is 1. The van der Waals surface area contributed by atoms with E-state index >= 15 is 0 Å². The van der Waals surface area contributed by atoms with Gasteiger partial charge in [-0.2, -0.15) is 0 Å². The van der Waals surface area contributed by atoms with Crippen LogP contribution in [0.5, 0.6) is 5.75 Å². The summed E-state index contributed by atoms with van der Waals surface area (Å²) in [6, 6.07) is 7.50. The average molecular weight is 221 g/mol. The molecule has 1 aromatic carbocycles. The zero-order chi connectivity index (χ0) is 11.6. The second-order valence-electron chi connectivity index (χ2n) is 4.86. The highest BCUT2D eigenvalue weighted by Crippen LogP contribution is 2.44. The Balaban J connectivity index is 1.90. The monoisotopic (exact) mass is 221 g/mol. The predicted molar refractivity (Wildman–Crippen MR) is 63.3 cm³/mol. The molecule has 88 valence electrons. The first kappa shape index (κ1) is 11.4. The average Bonchev–Trinajstić information content (AvgIpc) is 3.07. The highest BCUT2D eigenvalue weighted by Gasteiger charge is 2.41. The van der Waals surface area contributed by atoms with E-state index in [0.29, 0.717) is 5.75 Å². The van der Waals surface area contributed by atoms with Crippen LogP contribution in [0.3, 0.4) is 0 Å². The smallest absolute Gasteiger partial charge is 0.115 e. The van der Waals surface area contributed by atoms with Crippen LogP contribution in [0.4, 0.5) is 0 Å². The van der Waals surface area contributed by atoms with Gasteiger partial charge in [0.15, 0.2) is 0 Å². The normalized spacial score (nSPS) is 19.4. The molecule has 3 nitrogen and oxygen atoms in total. The van der Waals surface area contributed by atoms with Crippen LogP contribution in [0.2, 0.25) is 0 Å². The molecule has 1 saturated carbocycles. The molecule has 0 radical (unpaired) electrons. The summed E-state index contributed by atoms with van der Waals surface area (Å²) >= 11 is 0. The van der Waals surface area contributed by atoms with E-state index in [0.717, 1.165) is 24.9 Å². The number of aromatic hydroxyl groups is 1. The number of hydrogen-bond donors (Lipinski definition) is 3. The Hall–Kier alpha value is -1.06. The van der Waals surface area contributed by atoms with Crippen LogP contribution >= 0.6 is 0 Å². The maximum Gasteiger partial charge on any atom is 0.115 e. The largest absolute Gasteiger partial charge is 0.508 e. The van der Waals surface area contributed by atoms with Gasteiger partial charge in [0.1, 0.15) is 5.75 Å². The number of rotatable bonds is 5. The van der Waals surface area contributed by atoms with E-state index in [1.54, 1.807) is 12.1 Å². The summed E-state index contributed by atoms with van der Waals surface area (Å²) in [5.74, 6) is 0.300. The summed E-state index contributed by atoms with van der Waals surface area (Å²) in [4.78, 5) is 0. The Morgan fingerprint density at radius 3 is 2.75 bits per heavy atom. The van der Waals surface area contributed by atoms with Gasteiger partial charge >= 0.3 is 0 Å². The number of benzene rings is 1. The van der Waals surface area contributed by atoms with Crippen molar-refractivity contribution in [2.75, 3.05) is 13.2 Å². The maximum absolute atomic E-state index is 9.38. The molecule has 1 aromatic rings. The molecule has 0 bridgehead atoms. The van der Waals surface area contributed by atoms with E-state index in [1.165, 1.54) is 0 Å². The number of aliphatic hydroxyl groups is 1. The van der Waals surface area contributed by atoms with Crippen LogP contribution in [0, 0.1) is 5.41 Å². The molecule has 0 spiro atoms. The van der Waals surface area contributed by atoms with Gasteiger partial charge in [0.2, 0.25) is 0 Å². The lowest BCUT2D eigenvalue weighted by molar-refractivity contribution is 0.204. The molecule has 0 aliphatic heterocycles. The Morgan fingerprint density at radius 1 is 1.44 bits per heavy atom. The van der Waals surface area contributed by atoms with Crippen molar-refractivity contribution in [1.29, 1.82) is 0 Å². The summed E-state index contributed by atoms with van der Waals surface area (Å²) in [6.45, 7) is 3.19. The van der Waals surface area contributed by atoms with E-state index < -0.39 is 0 Å². The van der Waals surface area contributed by atoms with Crippen molar-refractivity contribution in [3.05, 3.63) is 29.8 Å². The van der Waals surface area contributed by atoms with Gasteiger partial charge in [0, 0.05) is 24.6 Å². The molecule has 0 heterocycles. The van der Waals surface area contributed by atoms with Crippen molar-refractivity contribution in [2.45, 2.75) is 25.8 Å². The highest BCUT2D eigenvalue weighted by molar-refractivity contribution is 5.29. The second-order valence-corrected chi connectivity index (χ2v) is 4.86. The van der Waals surface area contributed by atoms with Crippen molar-refractivity contribution in [3.8, 4) is 5.75 Å². The van der Waals surface area contributed by atoms with Crippen molar-refractivity contribution >= 4 is 0 Å². The van der Waals surface area contributed by atoms with E-state index in [1.807, 2.05) is 12.1 Å². The van der Waals surface area contributed by atoms with Gasteiger partial charge in [-0.3, -0.25) is 0 Å². The van der Waals surface area contributed by atoms with E-state index in [4.69, 9.17) is 0 Å². The summed E-state index contributed by atoms with van der Waals surface area (Å²) in [7, 11) is 0. The Labute approximate surface area is 96.1 Å². The van der Waals surface area contributed by atoms with Gasteiger partial charge in [-0.1, -0.05) is 12.1 Å². The van der Waals surface area contributed by atoms with Crippen LogP contribution in [0.1, 0.15) is 31.4 Å². The van der Waals surface area contributed by atoms with Crippen molar-refractivity contribution in [2.24, 2.45) is 5.41 Å². The van der Waals surface area contributed by atoms with Crippen LogP contribution in [-0.4, -0.2) is 23.4 Å². The number of nitrogens with one attached hydrogen (secondary N) is 1. The van der Waals surface area contributed by atoms with Gasteiger partial charge < -0.3 is 15.5 Å². The lowest BCUT2D eigenvalue weighted by atomic mass is 10.1.